The first-order valence-electron chi connectivity index (χ1n) is 10.1. The monoisotopic (exact) mass is 487 g/mol. The molecule has 0 spiro atoms. The van der Waals surface area contributed by atoms with Gasteiger partial charge in [0, 0.05) is 34.8 Å². The zero-order valence-electron chi connectivity index (χ0n) is 19.7. The summed E-state index contributed by atoms with van der Waals surface area (Å²) in [5.74, 6) is -6.13. The van der Waals surface area contributed by atoms with Gasteiger partial charge in [0.1, 0.15) is 18.5 Å². The summed E-state index contributed by atoms with van der Waals surface area (Å²) in [6, 6.07) is -1.21. The molecule has 0 aliphatic carbocycles. The number of allylic oxidation sites excluding steroid dienone is 1. The van der Waals surface area contributed by atoms with Crippen LogP contribution in [0.25, 0.3) is 0 Å². The number of aldehydes is 1. The molecule has 0 aromatic heterocycles. The van der Waals surface area contributed by atoms with Crippen LogP contribution in [0.1, 0.15) is 34.1 Å². The molecule has 0 aromatic carbocycles. The number of carbonyl (C=O) groups is 6. The Morgan fingerprint density at radius 3 is 2.06 bits per heavy atom. The lowest BCUT2D eigenvalue weighted by Gasteiger charge is -2.48. The lowest BCUT2D eigenvalue weighted by atomic mass is 9.87. The highest BCUT2D eigenvalue weighted by molar-refractivity contribution is 5.79. The molecule has 1 N–H and O–H groups in total. The van der Waals surface area contributed by atoms with Crippen LogP contribution in [0.15, 0.2) is 12.2 Å². The van der Waals surface area contributed by atoms with Crippen molar-refractivity contribution in [2.45, 2.75) is 70.4 Å². The first-order chi connectivity index (χ1) is 15.9. The largest absolute Gasteiger partial charge is 0.465 e. The Balaban J connectivity index is 3.75. The number of methoxy groups -OCH3 is 2. The highest BCUT2D eigenvalue weighted by Gasteiger charge is 2.58. The molecule has 6 atom stereocenters. The van der Waals surface area contributed by atoms with Gasteiger partial charge in [0.2, 0.25) is 5.91 Å². The second-order valence-corrected chi connectivity index (χ2v) is 7.28. The Kier molecular flexibility index (Phi) is 10.8. The number of ether oxygens (including phenoxy) is 6. The van der Waals surface area contributed by atoms with Crippen LogP contribution in [0, 0.1) is 0 Å². The van der Waals surface area contributed by atoms with Gasteiger partial charge < -0.3 is 33.7 Å². The molecule has 13 nitrogen and oxygen atoms in total. The SMILES string of the molecule is COC(=O)[C@]1(OC)C[C@@H](OC(C)=O)[C@@H](NC(C)=O)C([C@H](OC(C)=O)[C@@H](/C=C/C=O)OC(C)=O)O1. The van der Waals surface area contributed by atoms with Crippen molar-refractivity contribution in [3.8, 4) is 0 Å². The third-order valence-electron chi connectivity index (χ3n) is 4.70. The third-order valence-corrected chi connectivity index (χ3v) is 4.70. The van der Waals surface area contributed by atoms with Crippen LogP contribution in [-0.2, 0) is 57.2 Å². The van der Waals surface area contributed by atoms with Crippen molar-refractivity contribution in [3.63, 3.8) is 0 Å². The van der Waals surface area contributed by atoms with Crippen LogP contribution in [0.2, 0.25) is 0 Å². The molecule has 190 valence electrons. The number of rotatable bonds is 10. The molecule has 1 amide bonds. The Hall–Kier alpha value is -3.32. The average molecular weight is 487 g/mol. The van der Waals surface area contributed by atoms with Gasteiger partial charge in [-0.1, -0.05) is 0 Å². The van der Waals surface area contributed by atoms with Gasteiger partial charge in [-0.2, -0.15) is 0 Å². The number of carbonyl (C=O) groups excluding carboxylic acids is 6. The van der Waals surface area contributed by atoms with Gasteiger partial charge in [-0.3, -0.25) is 24.0 Å². The van der Waals surface area contributed by atoms with Crippen molar-refractivity contribution in [1.29, 1.82) is 0 Å². The minimum absolute atomic E-state index is 0.393. The standard InChI is InChI=1S/C21H29NO12/c1-11(24)22-17-16(32-13(3)26)10-21(30-6,20(28)29-5)34-19(17)18(33-14(4)27)15(8-7-9-23)31-12(2)25/h7-9,15-19H,10H2,1-6H3,(H,22,24)/b8-7+/t15-,16-,17-,18-,19?,21+/m1/s1. The molecule has 0 aromatic rings. The van der Waals surface area contributed by atoms with E-state index in [0.717, 1.165) is 47.1 Å². The second kappa shape index (κ2) is 12.8. The molecule has 34 heavy (non-hydrogen) atoms. The lowest BCUT2D eigenvalue weighted by molar-refractivity contribution is -0.305. The van der Waals surface area contributed by atoms with E-state index >= 15 is 0 Å². The summed E-state index contributed by atoms with van der Waals surface area (Å²) in [6.07, 6.45) is -3.55. The van der Waals surface area contributed by atoms with Gasteiger partial charge in [-0.15, -0.1) is 0 Å². The normalized spacial score (nSPS) is 26.0. The fourth-order valence-electron chi connectivity index (χ4n) is 3.53. The van der Waals surface area contributed by atoms with E-state index in [9.17, 15) is 28.8 Å². The topological polar surface area (TPSA) is 170 Å². The molecule has 0 radical (unpaired) electrons. The van der Waals surface area contributed by atoms with Gasteiger partial charge in [0.15, 0.2) is 12.2 Å². The summed E-state index contributed by atoms with van der Waals surface area (Å²) in [5, 5.41) is 2.55. The van der Waals surface area contributed by atoms with Crippen LogP contribution < -0.4 is 5.32 Å². The van der Waals surface area contributed by atoms with E-state index in [2.05, 4.69) is 5.32 Å². The summed E-state index contributed by atoms with van der Waals surface area (Å²) in [5.41, 5.74) is 0. The molecule has 1 unspecified atom stereocenters. The predicted octanol–water partition coefficient (Wildman–Crippen LogP) is -0.654. The van der Waals surface area contributed by atoms with Crippen LogP contribution >= 0.6 is 0 Å². The zero-order chi connectivity index (χ0) is 26.1. The summed E-state index contributed by atoms with van der Waals surface area (Å²) in [4.78, 5) is 71.1. The van der Waals surface area contributed by atoms with Crippen LogP contribution in [0.5, 0.6) is 0 Å². The minimum Gasteiger partial charge on any atom is -0.465 e. The Morgan fingerprint density at radius 2 is 1.62 bits per heavy atom. The Bertz CT molecular complexity index is 825. The maximum absolute atomic E-state index is 12.6. The average Bonchev–Trinajstić information content (AvgIpc) is 2.74. The highest BCUT2D eigenvalue weighted by atomic mass is 16.7. The number of hydrogen-bond acceptors (Lipinski definition) is 12. The van der Waals surface area contributed by atoms with Gasteiger partial charge in [-0.25, -0.2) is 4.79 Å². The lowest BCUT2D eigenvalue weighted by Crippen LogP contribution is -2.68. The van der Waals surface area contributed by atoms with E-state index in [4.69, 9.17) is 28.4 Å². The van der Waals surface area contributed by atoms with E-state index in [1.807, 2.05) is 0 Å². The number of nitrogens with one attached hydrogen (secondary N) is 1. The molecular formula is C21H29NO12. The molecule has 1 fully saturated rings. The van der Waals surface area contributed by atoms with Crippen molar-refractivity contribution in [1.82, 2.24) is 5.32 Å². The van der Waals surface area contributed by atoms with Crippen molar-refractivity contribution < 1.29 is 57.2 Å². The zero-order valence-corrected chi connectivity index (χ0v) is 19.7. The molecular weight excluding hydrogens is 458 g/mol. The van der Waals surface area contributed by atoms with Crippen LogP contribution in [0.3, 0.4) is 0 Å². The van der Waals surface area contributed by atoms with E-state index in [1.165, 1.54) is 6.92 Å². The molecule has 1 rings (SSSR count). The molecule has 0 saturated carbocycles. The summed E-state index contributed by atoms with van der Waals surface area (Å²) < 4.78 is 31.9. The molecule has 13 heteroatoms. The number of esters is 4. The van der Waals surface area contributed by atoms with Crippen molar-refractivity contribution in [2.75, 3.05) is 14.2 Å². The summed E-state index contributed by atoms with van der Waals surface area (Å²) in [7, 11) is 2.20. The van der Waals surface area contributed by atoms with Crippen molar-refractivity contribution in [3.05, 3.63) is 12.2 Å². The van der Waals surface area contributed by atoms with Crippen molar-refractivity contribution >= 4 is 36.1 Å². The van der Waals surface area contributed by atoms with Gasteiger partial charge in [-0.05, 0) is 12.2 Å². The second-order valence-electron chi connectivity index (χ2n) is 7.28. The number of amides is 1. The Morgan fingerprint density at radius 1 is 1.00 bits per heavy atom. The van der Waals surface area contributed by atoms with Gasteiger partial charge in [0.05, 0.1) is 19.6 Å². The fraction of sp³-hybridized carbons (Fsp3) is 0.619. The smallest absolute Gasteiger partial charge is 0.366 e. The third kappa shape index (κ3) is 7.63. The van der Waals surface area contributed by atoms with E-state index in [1.54, 1.807) is 0 Å². The van der Waals surface area contributed by atoms with Crippen LogP contribution in [-0.4, -0.2) is 86.5 Å². The highest BCUT2D eigenvalue weighted by Crippen LogP contribution is 2.36. The quantitative estimate of drug-likeness (QED) is 0.179. The Labute approximate surface area is 196 Å². The van der Waals surface area contributed by atoms with Crippen LogP contribution in [0.4, 0.5) is 0 Å². The molecule has 1 aliphatic rings. The fourth-order valence-corrected chi connectivity index (χ4v) is 3.53. The van der Waals surface area contributed by atoms with E-state index in [-0.39, 0.29) is 0 Å². The summed E-state index contributed by atoms with van der Waals surface area (Å²) in [6.45, 7) is 4.43. The molecule has 1 saturated heterocycles. The van der Waals surface area contributed by atoms with Crippen molar-refractivity contribution in [2.24, 2.45) is 0 Å². The summed E-state index contributed by atoms with van der Waals surface area (Å²) >= 11 is 0. The van der Waals surface area contributed by atoms with Gasteiger partial charge in [0.25, 0.3) is 5.79 Å². The van der Waals surface area contributed by atoms with E-state index < -0.39 is 72.5 Å². The van der Waals surface area contributed by atoms with Gasteiger partial charge >= 0.3 is 23.9 Å². The maximum atomic E-state index is 12.6. The molecule has 1 aliphatic heterocycles. The minimum atomic E-state index is -2.15. The predicted molar refractivity (Wildman–Crippen MR) is 111 cm³/mol. The first-order valence-corrected chi connectivity index (χ1v) is 10.1. The maximum Gasteiger partial charge on any atom is 0.366 e. The first kappa shape index (κ1) is 28.7. The molecule has 1 heterocycles. The number of hydrogen-bond donors (Lipinski definition) is 1. The van der Waals surface area contributed by atoms with E-state index in [0.29, 0.717) is 6.29 Å². The molecule has 0 bridgehead atoms.